The highest BCUT2D eigenvalue weighted by Gasteiger charge is 2.12. The third-order valence-corrected chi connectivity index (χ3v) is 4.39. The average molecular weight is 368 g/mol. The predicted molar refractivity (Wildman–Crippen MR) is 85.1 cm³/mol. The third kappa shape index (κ3) is 4.64. The van der Waals surface area contributed by atoms with Crippen molar-refractivity contribution in [2.24, 2.45) is 0 Å². The van der Waals surface area contributed by atoms with Crippen LogP contribution in [0, 0.1) is 0 Å². The lowest BCUT2D eigenvalue weighted by Crippen LogP contribution is -2.37. The average Bonchev–Trinajstić information content (AvgIpc) is 2.92. The summed E-state index contributed by atoms with van der Waals surface area (Å²) in [6.45, 7) is 1.81. The van der Waals surface area contributed by atoms with Gasteiger partial charge >= 0.3 is 0 Å². The molecule has 0 saturated carbocycles. The van der Waals surface area contributed by atoms with E-state index in [0.29, 0.717) is 4.88 Å². The van der Waals surface area contributed by atoms with Crippen molar-refractivity contribution in [3.05, 3.63) is 50.9 Å². The molecule has 5 nitrogen and oxygen atoms in total. The number of carbonyl (C=O) groups excluding carboxylic acids is 2. The van der Waals surface area contributed by atoms with E-state index >= 15 is 0 Å². The molecular formula is C14H14BrN3O2S. The van der Waals surface area contributed by atoms with E-state index < -0.39 is 0 Å². The molecule has 1 unspecified atom stereocenters. The molecule has 0 saturated heterocycles. The minimum Gasteiger partial charge on any atom is -0.348 e. The highest BCUT2D eigenvalue weighted by atomic mass is 79.9. The quantitative estimate of drug-likeness (QED) is 0.852. The number of nitrogens with zero attached hydrogens (tertiary/aromatic N) is 1. The summed E-state index contributed by atoms with van der Waals surface area (Å²) in [6.07, 6.45) is 3.38. The second-order valence-corrected chi connectivity index (χ2v) is 6.83. The molecule has 1 atom stereocenters. The maximum Gasteiger partial charge on any atom is 0.261 e. The van der Waals surface area contributed by atoms with Crippen LogP contribution in [0.4, 0.5) is 0 Å². The Bertz CT molecular complexity index is 630. The molecule has 0 bridgehead atoms. The van der Waals surface area contributed by atoms with Crippen LogP contribution in [0.25, 0.3) is 0 Å². The topological polar surface area (TPSA) is 71.1 Å². The van der Waals surface area contributed by atoms with E-state index in [4.69, 9.17) is 0 Å². The fourth-order valence-corrected chi connectivity index (χ4v) is 2.99. The van der Waals surface area contributed by atoms with Crippen molar-refractivity contribution in [1.29, 1.82) is 0 Å². The van der Waals surface area contributed by atoms with Gasteiger partial charge in [0.15, 0.2) is 0 Å². The van der Waals surface area contributed by atoms with Crippen molar-refractivity contribution in [2.75, 3.05) is 6.54 Å². The van der Waals surface area contributed by atoms with Crippen LogP contribution in [-0.4, -0.2) is 23.3 Å². The number of aromatic nitrogens is 1. The summed E-state index contributed by atoms with van der Waals surface area (Å²) < 4.78 is 0.877. The maximum absolute atomic E-state index is 11.8. The van der Waals surface area contributed by atoms with Crippen LogP contribution in [0.15, 0.2) is 40.4 Å². The number of thiophene rings is 1. The highest BCUT2D eigenvalue weighted by Crippen LogP contribution is 2.21. The third-order valence-electron chi connectivity index (χ3n) is 2.77. The fraction of sp³-hybridized carbons (Fsp3) is 0.214. The Morgan fingerprint density at radius 3 is 2.81 bits per heavy atom. The number of halogens is 1. The van der Waals surface area contributed by atoms with Crippen LogP contribution in [0.1, 0.15) is 28.2 Å². The van der Waals surface area contributed by atoms with Crippen molar-refractivity contribution in [3.8, 4) is 0 Å². The first-order valence-corrected chi connectivity index (χ1v) is 7.90. The largest absolute Gasteiger partial charge is 0.348 e. The Balaban J connectivity index is 1.81. The first kappa shape index (κ1) is 15.7. The second-order valence-electron chi connectivity index (χ2n) is 4.36. The second kappa shape index (κ2) is 7.33. The molecule has 0 aliphatic rings. The van der Waals surface area contributed by atoms with Crippen LogP contribution in [-0.2, 0) is 4.79 Å². The standard InChI is InChI=1S/C14H14BrN3O2S/c1-9(10-3-2-6-16-7-10)18-13(19)8-17-14(20)11-4-5-12(15)21-11/h2-7,9H,8H2,1H3,(H,17,20)(H,18,19). The molecule has 7 heteroatoms. The Morgan fingerprint density at radius 1 is 1.38 bits per heavy atom. The van der Waals surface area contributed by atoms with Crippen molar-refractivity contribution < 1.29 is 9.59 Å². The Morgan fingerprint density at radius 2 is 2.19 bits per heavy atom. The van der Waals surface area contributed by atoms with E-state index in [-0.39, 0.29) is 24.4 Å². The van der Waals surface area contributed by atoms with Crippen LogP contribution in [0.5, 0.6) is 0 Å². The molecular weight excluding hydrogens is 354 g/mol. The van der Waals surface area contributed by atoms with Gasteiger partial charge in [0.2, 0.25) is 5.91 Å². The lowest BCUT2D eigenvalue weighted by atomic mass is 10.1. The molecule has 2 heterocycles. The van der Waals surface area contributed by atoms with Crippen LogP contribution in [0.2, 0.25) is 0 Å². The summed E-state index contributed by atoms with van der Waals surface area (Å²) in [7, 11) is 0. The van der Waals surface area contributed by atoms with Gasteiger partial charge < -0.3 is 10.6 Å². The van der Waals surface area contributed by atoms with E-state index in [1.165, 1.54) is 11.3 Å². The molecule has 2 amide bonds. The number of pyridine rings is 1. The Hall–Kier alpha value is -1.73. The van der Waals surface area contributed by atoms with Gasteiger partial charge in [-0.15, -0.1) is 11.3 Å². The van der Waals surface area contributed by atoms with Crippen LogP contribution >= 0.6 is 27.3 Å². The molecule has 0 aliphatic carbocycles. The molecule has 110 valence electrons. The van der Waals surface area contributed by atoms with E-state index in [2.05, 4.69) is 31.5 Å². The Kier molecular flexibility index (Phi) is 5.46. The number of rotatable bonds is 5. The molecule has 0 fully saturated rings. The van der Waals surface area contributed by atoms with Crippen molar-refractivity contribution in [2.45, 2.75) is 13.0 Å². The number of hydrogen-bond acceptors (Lipinski definition) is 4. The number of nitrogens with one attached hydrogen (secondary N) is 2. The van der Waals surface area contributed by atoms with E-state index in [1.807, 2.05) is 19.1 Å². The van der Waals surface area contributed by atoms with Gasteiger partial charge in [0.1, 0.15) is 0 Å². The molecule has 2 aromatic rings. The van der Waals surface area contributed by atoms with E-state index in [9.17, 15) is 9.59 Å². The molecule has 2 N–H and O–H groups in total. The summed E-state index contributed by atoms with van der Waals surface area (Å²) in [5.74, 6) is -0.495. The minimum atomic E-state index is -0.255. The first-order valence-electron chi connectivity index (χ1n) is 6.29. The summed E-state index contributed by atoms with van der Waals surface area (Å²) in [5.41, 5.74) is 0.916. The smallest absolute Gasteiger partial charge is 0.261 e. The Labute approximate surface area is 134 Å². The fourth-order valence-electron chi connectivity index (χ4n) is 1.69. The zero-order chi connectivity index (χ0) is 15.2. The van der Waals surface area contributed by atoms with Gasteiger partial charge in [0, 0.05) is 12.4 Å². The summed E-state index contributed by atoms with van der Waals surface area (Å²) in [6, 6.07) is 7.05. The number of amides is 2. The van der Waals surface area contributed by atoms with Crippen molar-refractivity contribution >= 4 is 39.1 Å². The number of carbonyl (C=O) groups is 2. The van der Waals surface area contributed by atoms with Gasteiger partial charge in [-0.2, -0.15) is 0 Å². The van der Waals surface area contributed by atoms with Gasteiger partial charge in [-0.1, -0.05) is 6.07 Å². The molecule has 21 heavy (non-hydrogen) atoms. The molecule has 0 aromatic carbocycles. The monoisotopic (exact) mass is 367 g/mol. The zero-order valence-electron chi connectivity index (χ0n) is 11.3. The predicted octanol–water partition coefficient (Wildman–Crippen LogP) is 2.51. The molecule has 0 aliphatic heterocycles. The van der Waals surface area contributed by atoms with Gasteiger partial charge in [-0.05, 0) is 46.6 Å². The minimum absolute atomic E-state index is 0.0566. The van der Waals surface area contributed by atoms with Crippen LogP contribution in [0.3, 0.4) is 0 Å². The van der Waals surface area contributed by atoms with Crippen molar-refractivity contribution in [3.63, 3.8) is 0 Å². The van der Waals surface area contributed by atoms with Gasteiger partial charge in [-0.3, -0.25) is 14.6 Å². The summed E-state index contributed by atoms with van der Waals surface area (Å²) in [4.78, 5) is 28.2. The van der Waals surface area contributed by atoms with Gasteiger partial charge in [-0.25, -0.2) is 0 Å². The molecule has 2 rings (SSSR count). The summed E-state index contributed by atoms with van der Waals surface area (Å²) >= 11 is 4.62. The zero-order valence-corrected chi connectivity index (χ0v) is 13.7. The number of hydrogen-bond donors (Lipinski definition) is 2. The van der Waals surface area contributed by atoms with Gasteiger partial charge in [0.25, 0.3) is 5.91 Å². The summed E-state index contributed by atoms with van der Waals surface area (Å²) in [5, 5.41) is 5.40. The molecule has 2 aromatic heterocycles. The lowest BCUT2D eigenvalue weighted by molar-refractivity contribution is -0.120. The molecule has 0 spiro atoms. The molecule has 0 radical (unpaired) electrons. The lowest BCUT2D eigenvalue weighted by Gasteiger charge is -2.14. The normalized spacial score (nSPS) is 11.7. The van der Waals surface area contributed by atoms with E-state index in [1.54, 1.807) is 24.5 Å². The maximum atomic E-state index is 11.8. The van der Waals surface area contributed by atoms with Crippen LogP contribution < -0.4 is 10.6 Å². The van der Waals surface area contributed by atoms with Crippen molar-refractivity contribution in [1.82, 2.24) is 15.6 Å². The SMILES string of the molecule is CC(NC(=O)CNC(=O)c1ccc(Br)s1)c1cccnc1. The van der Waals surface area contributed by atoms with E-state index in [0.717, 1.165) is 9.35 Å². The highest BCUT2D eigenvalue weighted by molar-refractivity contribution is 9.11. The van der Waals surface area contributed by atoms with Gasteiger partial charge in [0.05, 0.1) is 21.3 Å². The first-order chi connectivity index (χ1) is 10.1.